The van der Waals surface area contributed by atoms with Crippen LogP contribution >= 0.6 is 11.3 Å². The topological polar surface area (TPSA) is 65.2 Å². The third kappa shape index (κ3) is 2.96. The Morgan fingerprint density at radius 3 is 3.06 bits per heavy atom. The minimum atomic E-state index is -0.515. The molecule has 0 spiro atoms. The first-order valence-electron chi connectivity index (χ1n) is 5.27. The second kappa shape index (κ2) is 5.47. The predicted octanol–water partition coefficient (Wildman–Crippen LogP) is 2.02. The number of esters is 1. The number of ether oxygens (including phenoxy) is 1. The summed E-state index contributed by atoms with van der Waals surface area (Å²) < 4.78 is 9.70. The van der Waals surface area contributed by atoms with E-state index < -0.39 is 5.97 Å². The Kier molecular flexibility index (Phi) is 3.75. The second-order valence-electron chi connectivity index (χ2n) is 3.30. The first kappa shape index (κ1) is 12.3. The summed E-state index contributed by atoms with van der Waals surface area (Å²) in [7, 11) is 0. The lowest BCUT2D eigenvalue weighted by Crippen LogP contribution is -2.04. The van der Waals surface area contributed by atoms with E-state index in [1.54, 1.807) is 6.92 Å². The third-order valence-corrected chi connectivity index (χ3v) is 2.70. The molecule has 0 saturated carbocycles. The van der Waals surface area contributed by atoms with Crippen LogP contribution in [0, 0.1) is 18.8 Å². The molecular formula is C12H10N2O3S. The minimum Gasteiger partial charge on any atom is -0.461 e. The molecule has 6 heteroatoms. The van der Waals surface area contributed by atoms with Crippen LogP contribution in [0.3, 0.4) is 0 Å². The quantitative estimate of drug-likeness (QED) is 0.612. The van der Waals surface area contributed by atoms with Crippen molar-refractivity contribution in [2.24, 2.45) is 0 Å². The van der Waals surface area contributed by atoms with E-state index in [2.05, 4.69) is 22.0 Å². The van der Waals surface area contributed by atoms with E-state index >= 15 is 0 Å². The van der Waals surface area contributed by atoms with Crippen LogP contribution in [-0.2, 0) is 4.74 Å². The molecule has 0 aliphatic carbocycles. The molecule has 0 unspecified atom stereocenters. The van der Waals surface area contributed by atoms with Crippen molar-refractivity contribution in [1.82, 2.24) is 10.1 Å². The maximum absolute atomic E-state index is 11.3. The van der Waals surface area contributed by atoms with Gasteiger partial charge in [0.2, 0.25) is 5.76 Å². The first-order chi connectivity index (χ1) is 8.69. The average molecular weight is 262 g/mol. The van der Waals surface area contributed by atoms with Crippen LogP contribution < -0.4 is 0 Å². The summed E-state index contributed by atoms with van der Waals surface area (Å²) in [5, 5.41) is 6.38. The molecule has 0 amide bonds. The zero-order chi connectivity index (χ0) is 13.0. The number of nitrogens with zero attached hydrogens (tertiary/aromatic N) is 2. The highest BCUT2D eigenvalue weighted by Gasteiger charge is 2.12. The van der Waals surface area contributed by atoms with E-state index in [-0.39, 0.29) is 5.69 Å². The molecule has 0 atom stereocenters. The highest BCUT2D eigenvalue weighted by Crippen LogP contribution is 2.07. The molecule has 2 aromatic heterocycles. The Hall–Kier alpha value is -2.13. The molecule has 0 bridgehead atoms. The van der Waals surface area contributed by atoms with Crippen LogP contribution in [0.5, 0.6) is 0 Å². The van der Waals surface area contributed by atoms with Gasteiger partial charge < -0.3 is 9.26 Å². The summed E-state index contributed by atoms with van der Waals surface area (Å²) in [6.45, 7) is 3.93. The molecule has 2 rings (SSSR count). The summed E-state index contributed by atoms with van der Waals surface area (Å²) >= 11 is 1.52. The van der Waals surface area contributed by atoms with Gasteiger partial charge in [0.15, 0.2) is 5.69 Å². The second-order valence-corrected chi connectivity index (χ2v) is 4.36. The molecule has 0 N–H and O–H groups in total. The van der Waals surface area contributed by atoms with Crippen molar-refractivity contribution in [3.63, 3.8) is 0 Å². The van der Waals surface area contributed by atoms with Gasteiger partial charge in [-0.25, -0.2) is 9.78 Å². The van der Waals surface area contributed by atoms with Gasteiger partial charge in [-0.2, -0.15) is 0 Å². The average Bonchev–Trinajstić information content (AvgIpc) is 2.95. The fraction of sp³-hybridized carbons (Fsp3) is 0.250. The molecule has 2 aromatic rings. The number of rotatable bonds is 2. The minimum absolute atomic E-state index is 0.121. The fourth-order valence-electron chi connectivity index (χ4n) is 1.18. The predicted molar refractivity (Wildman–Crippen MR) is 65.3 cm³/mol. The first-order valence-corrected chi connectivity index (χ1v) is 6.15. The number of carbonyl (C=O) groups excluding carboxylic acids is 1. The van der Waals surface area contributed by atoms with Crippen LogP contribution in [0.15, 0.2) is 16.0 Å². The fourth-order valence-corrected chi connectivity index (χ4v) is 1.73. The van der Waals surface area contributed by atoms with Gasteiger partial charge in [0.25, 0.3) is 0 Å². The Balaban J connectivity index is 2.12. The number of hydrogen-bond acceptors (Lipinski definition) is 6. The van der Waals surface area contributed by atoms with Crippen LogP contribution in [0.1, 0.15) is 33.9 Å². The Labute approximate surface area is 108 Å². The van der Waals surface area contributed by atoms with Crippen molar-refractivity contribution in [3.05, 3.63) is 33.6 Å². The van der Waals surface area contributed by atoms with E-state index in [1.165, 1.54) is 17.4 Å². The molecule has 0 fully saturated rings. The van der Waals surface area contributed by atoms with Crippen molar-refractivity contribution in [2.75, 3.05) is 6.61 Å². The maximum Gasteiger partial charge on any atom is 0.360 e. The summed E-state index contributed by atoms with van der Waals surface area (Å²) in [4.78, 5) is 15.5. The van der Waals surface area contributed by atoms with Crippen LogP contribution in [0.4, 0.5) is 0 Å². The number of thiazole rings is 1. The lowest BCUT2D eigenvalue weighted by atomic mass is 10.3. The lowest BCUT2D eigenvalue weighted by Gasteiger charge is -1.93. The Morgan fingerprint density at radius 2 is 2.39 bits per heavy atom. The van der Waals surface area contributed by atoms with Gasteiger partial charge in [0.1, 0.15) is 5.69 Å². The molecule has 0 saturated heterocycles. The zero-order valence-corrected chi connectivity index (χ0v) is 10.7. The molecule has 0 aliphatic heterocycles. The van der Waals surface area contributed by atoms with Crippen molar-refractivity contribution >= 4 is 17.3 Å². The zero-order valence-electron chi connectivity index (χ0n) is 9.89. The van der Waals surface area contributed by atoms with Gasteiger partial charge in [-0.05, 0) is 25.7 Å². The Bertz CT molecular complexity index is 619. The van der Waals surface area contributed by atoms with Crippen molar-refractivity contribution in [2.45, 2.75) is 13.8 Å². The van der Waals surface area contributed by atoms with Gasteiger partial charge in [0, 0.05) is 11.4 Å². The number of aromatic nitrogens is 2. The molecule has 18 heavy (non-hydrogen) atoms. The molecule has 5 nitrogen and oxygen atoms in total. The van der Waals surface area contributed by atoms with E-state index in [1.807, 2.05) is 12.3 Å². The molecule has 0 radical (unpaired) electrons. The van der Waals surface area contributed by atoms with Gasteiger partial charge in [0.05, 0.1) is 11.6 Å². The largest absolute Gasteiger partial charge is 0.461 e. The molecule has 0 aromatic carbocycles. The third-order valence-electron chi connectivity index (χ3n) is 1.93. The SMILES string of the molecule is CCOC(=O)c1cc(C#Cc2csc(C)n2)on1. The lowest BCUT2D eigenvalue weighted by molar-refractivity contribution is 0.0514. The summed E-state index contributed by atoms with van der Waals surface area (Å²) in [5.74, 6) is 5.37. The van der Waals surface area contributed by atoms with Gasteiger partial charge >= 0.3 is 5.97 Å². The van der Waals surface area contributed by atoms with Crippen LogP contribution in [0.2, 0.25) is 0 Å². The van der Waals surface area contributed by atoms with Crippen molar-refractivity contribution < 1.29 is 14.1 Å². The maximum atomic E-state index is 11.3. The van der Waals surface area contributed by atoms with Crippen LogP contribution in [-0.4, -0.2) is 22.7 Å². The van der Waals surface area contributed by atoms with E-state index in [9.17, 15) is 4.79 Å². The summed E-state index contributed by atoms with van der Waals surface area (Å²) in [6.07, 6.45) is 0. The summed E-state index contributed by atoms with van der Waals surface area (Å²) in [6, 6.07) is 1.45. The number of aryl methyl sites for hydroxylation is 1. The molecular weight excluding hydrogens is 252 g/mol. The highest BCUT2D eigenvalue weighted by molar-refractivity contribution is 7.09. The standard InChI is InChI=1S/C12H10N2O3S/c1-3-16-12(15)11-6-10(17-14-11)5-4-9-7-18-8(2)13-9/h6-7H,3H2,1-2H3. The molecule has 0 aliphatic rings. The van der Waals surface area contributed by atoms with Gasteiger partial charge in [-0.1, -0.05) is 5.16 Å². The van der Waals surface area contributed by atoms with E-state index in [4.69, 9.17) is 9.26 Å². The smallest absolute Gasteiger partial charge is 0.360 e. The van der Waals surface area contributed by atoms with E-state index in [0.29, 0.717) is 18.1 Å². The van der Waals surface area contributed by atoms with Crippen molar-refractivity contribution in [1.29, 1.82) is 0 Å². The van der Waals surface area contributed by atoms with Gasteiger partial charge in [-0.15, -0.1) is 11.3 Å². The van der Waals surface area contributed by atoms with Crippen molar-refractivity contribution in [3.8, 4) is 11.8 Å². The number of carbonyl (C=O) groups is 1. The van der Waals surface area contributed by atoms with E-state index in [0.717, 1.165) is 5.01 Å². The van der Waals surface area contributed by atoms with Gasteiger partial charge in [-0.3, -0.25) is 0 Å². The normalized spacial score (nSPS) is 9.67. The summed E-state index contributed by atoms with van der Waals surface area (Å²) in [5.41, 5.74) is 0.794. The monoisotopic (exact) mass is 262 g/mol. The Morgan fingerprint density at radius 1 is 1.56 bits per heavy atom. The molecule has 92 valence electrons. The molecule has 2 heterocycles. The van der Waals surface area contributed by atoms with Crippen LogP contribution in [0.25, 0.3) is 0 Å². The number of hydrogen-bond donors (Lipinski definition) is 0. The highest BCUT2D eigenvalue weighted by atomic mass is 32.1.